The lowest BCUT2D eigenvalue weighted by atomic mass is 10.1. The molecule has 0 saturated carbocycles. The zero-order chi connectivity index (χ0) is 14.8. The molecule has 2 heterocycles. The molecule has 1 aromatic carbocycles. The SMILES string of the molecule is CC(CN1CCCC1)Cn1nnc2cccc(C(=O)O)c21. The number of aromatic carboxylic acids is 1. The van der Waals surface area contributed by atoms with Crippen LogP contribution in [0.5, 0.6) is 0 Å². The van der Waals surface area contributed by atoms with Gasteiger partial charge in [-0.1, -0.05) is 18.2 Å². The van der Waals surface area contributed by atoms with Gasteiger partial charge in [0.15, 0.2) is 0 Å². The van der Waals surface area contributed by atoms with Crippen molar-refractivity contribution >= 4 is 17.0 Å². The Morgan fingerprint density at radius 1 is 1.33 bits per heavy atom. The van der Waals surface area contributed by atoms with Crippen LogP contribution >= 0.6 is 0 Å². The van der Waals surface area contributed by atoms with Gasteiger partial charge in [0.25, 0.3) is 0 Å². The Labute approximate surface area is 123 Å². The predicted octanol–water partition coefficient (Wildman–Crippen LogP) is 1.86. The molecule has 1 aliphatic rings. The largest absolute Gasteiger partial charge is 0.478 e. The number of para-hydroxylation sites is 1. The third-order valence-electron chi connectivity index (χ3n) is 4.02. The standard InChI is InChI=1S/C15H20N4O2/c1-11(9-18-7-2-3-8-18)10-19-14-12(15(20)21)5-4-6-13(14)16-17-19/h4-6,11H,2-3,7-10H2,1H3,(H,20,21). The van der Waals surface area contributed by atoms with Crippen LogP contribution in [-0.4, -0.2) is 50.6 Å². The summed E-state index contributed by atoms with van der Waals surface area (Å²) in [6.45, 7) is 6.23. The van der Waals surface area contributed by atoms with Crippen LogP contribution in [0, 0.1) is 5.92 Å². The lowest BCUT2D eigenvalue weighted by Gasteiger charge is -2.20. The van der Waals surface area contributed by atoms with E-state index in [0.717, 1.165) is 6.54 Å². The molecule has 6 nitrogen and oxygen atoms in total. The van der Waals surface area contributed by atoms with Crippen LogP contribution in [-0.2, 0) is 6.54 Å². The minimum Gasteiger partial charge on any atom is -0.478 e. The van der Waals surface area contributed by atoms with Crippen LogP contribution in [0.3, 0.4) is 0 Å². The van der Waals surface area contributed by atoms with E-state index in [1.807, 2.05) is 0 Å². The average Bonchev–Trinajstić information content (AvgIpc) is 3.08. The monoisotopic (exact) mass is 288 g/mol. The summed E-state index contributed by atoms with van der Waals surface area (Å²) in [5.41, 5.74) is 1.53. The van der Waals surface area contributed by atoms with Crippen molar-refractivity contribution in [3.63, 3.8) is 0 Å². The second-order valence-corrected chi connectivity index (χ2v) is 5.86. The summed E-state index contributed by atoms with van der Waals surface area (Å²) in [6.07, 6.45) is 2.56. The maximum atomic E-state index is 11.4. The number of carbonyl (C=O) groups is 1. The number of aromatic nitrogens is 3. The van der Waals surface area contributed by atoms with Crippen molar-refractivity contribution in [3.8, 4) is 0 Å². The first-order valence-corrected chi connectivity index (χ1v) is 7.43. The zero-order valence-electron chi connectivity index (χ0n) is 12.2. The van der Waals surface area contributed by atoms with Crippen LogP contribution in [0.15, 0.2) is 18.2 Å². The molecule has 0 amide bonds. The molecule has 6 heteroatoms. The van der Waals surface area contributed by atoms with Crippen molar-refractivity contribution in [1.29, 1.82) is 0 Å². The molecular weight excluding hydrogens is 268 g/mol. The number of hydrogen-bond donors (Lipinski definition) is 1. The third kappa shape index (κ3) is 2.90. The molecule has 1 unspecified atom stereocenters. The van der Waals surface area contributed by atoms with E-state index in [2.05, 4.69) is 22.1 Å². The summed E-state index contributed by atoms with van der Waals surface area (Å²) < 4.78 is 1.74. The molecule has 1 saturated heterocycles. The summed E-state index contributed by atoms with van der Waals surface area (Å²) in [4.78, 5) is 13.8. The fourth-order valence-corrected chi connectivity index (χ4v) is 3.09. The molecule has 112 valence electrons. The van der Waals surface area contributed by atoms with Crippen molar-refractivity contribution in [3.05, 3.63) is 23.8 Å². The topological polar surface area (TPSA) is 71.2 Å². The first kappa shape index (κ1) is 14.0. The van der Waals surface area contributed by atoms with Crippen LogP contribution in [0.4, 0.5) is 0 Å². The summed E-state index contributed by atoms with van der Waals surface area (Å²) >= 11 is 0. The van der Waals surface area contributed by atoms with E-state index in [4.69, 9.17) is 0 Å². The van der Waals surface area contributed by atoms with Gasteiger partial charge in [0, 0.05) is 13.1 Å². The van der Waals surface area contributed by atoms with Crippen molar-refractivity contribution < 1.29 is 9.90 Å². The van der Waals surface area contributed by atoms with Gasteiger partial charge >= 0.3 is 5.97 Å². The predicted molar refractivity (Wildman–Crippen MR) is 79.3 cm³/mol. The van der Waals surface area contributed by atoms with Gasteiger partial charge in [-0.3, -0.25) is 0 Å². The van der Waals surface area contributed by atoms with Gasteiger partial charge in [-0.05, 0) is 44.0 Å². The van der Waals surface area contributed by atoms with Crippen LogP contribution in [0.25, 0.3) is 11.0 Å². The van der Waals surface area contributed by atoms with Crippen molar-refractivity contribution in [1.82, 2.24) is 19.9 Å². The summed E-state index contributed by atoms with van der Waals surface area (Å²) in [7, 11) is 0. The van der Waals surface area contributed by atoms with Gasteiger partial charge < -0.3 is 10.0 Å². The molecule has 21 heavy (non-hydrogen) atoms. The molecule has 1 aliphatic heterocycles. The molecule has 0 spiro atoms. The lowest BCUT2D eigenvalue weighted by molar-refractivity contribution is 0.0698. The maximum absolute atomic E-state index is 11.4. The summed E-state index contributed by atoms with van der Waals surface area (Å²) in [6, 6.07) is 5.12. The Kier molecular flexibility index (Phi) is 3.88. The lowest BCUT2D eigenvalue weighted by Crippen LogP contribution is -2.28. The highest BCUT2D eigenvalue weighted by Crippen LogP contribution is 2.19. The van der Waals surface area contributed by atoms with Gasteiger partial charge in [-0.15, -0.1) is 5.10 Å². The highest BCUT2D eigenvalue weighted by atomic mass is 16.4. The maximum Gasteiger partial charge on any atom is 0.337 e. The number of hydrogen-bond acceptors (Lipinski definition) is 4. The molecule has 3 rings (SSSR count). The van der Waals surface area contributed by atoms with Gasteiger partial charge in [0.2, 0.25) is 0 Å². The van der Waals surface area contributed by atoms with Crippen molar-refractivity contribution in [2.75, 3.05) is 19.6 Å². The molecule has 0 radical (unpaired) electrons. The van der Waals surface area contributed by atoms with E-state index in [1.165, 1.54) is 25.9 Å². The van der Waals surface area contributed by atoms with E-state index >= 15 is 0 Å². The molecular formula is C15H20N4O2. The Balaban J connectivity index is 1.81. The number of carboxylic acid groups (broad SMARTS) is 1. The molecule has 0 bridgehead atoms. The Bertz CT molecular complexity index is 646. The molecule has 2 aromatic rings. The molecule has 0 aliphatic carbocycles. The number of carboxylic acids is 1. The number of rotatable bonds is 5. The van der Waals surface area contributed by atoms with E-state index in [9.17, 15) is 9.90 Å². The normalized spacial score (nSPS) is 17.4. The van der Waals surface area contributed by atoms with Crippen LogP contribution < -0.4 is 0 Å². The number of fused-ring (bicyclic) bond motifs is 1. The fourth-order valence-electron chi connectivity index (χ4n) is 3.09. The van der Waals surface area contributed by atoms with Gasteiger partial charge in [-0.2, -0.15) is 0 Å². The molecule has 1 aromatic heterocycles. The highest BCUT2D eigenvalue weighted by molar-refractivity contribution is 6.00. The Hall–Kier alpha value is -1.95. The smallest absolute Gasteiger partial charge is 0.337 e. The van der Waals surface area contributed by atoms with Crippen molar-refractivity contribution in [2.45, 2.75) is 26.3 Å². The van der Waals surface area contributed by atoms with Crippen LogP contribution in [0.1, 0.15) is 30.1 Å². The second kappa shape index (κ2) is 5.81. The second-order valence-electron chi connectivity index (χ2n) is 5.86. The number of benzene rings is 1. The van der Waals surface area contributed by atoms with E-state index in [1.54, 1.807) is 22.9 Å². The number of likely N-dealkylation sites (tertiary alicyclic amines) is 1. The minimum absolute atomic E-state index is 0.269. The van der Waals surface area contributed by atoms with E-state index in [0.29, 0.717) is 23.5 Å². The number of nitrogens with zero attached hydrogens (tertiary/aromatic N) is 4. The van der Waals surface area contributed by atoms with Gasteiger partial charge in [0.05, 0.1) is 5.56 Å². The fraction of sp³-hybridized carbons (Fsp3) is 0.533. The summed E-state index contributed by atoms with van der Waals surface area (Å²) in [5, 5.41) is 17.5. The molecule has 1 N–H and O–H groups in total. The Morgan fingerprint density at radius 3 is 2.81 bits per heavy atom. The third-order valence-corrected chi connectivity index (χ3v) is 4.02. The first-order chi connectivity index (χ1) is 10.1. The summed E-state index contributed by atoms with van der Waals surface area (Å²) in [5.74, 6) is -0.522. The van der Waals surface area contributed by atoms with Gasteiger partial charge in [-0.25, -0.2) is 9.48 Å². The van der Waals surface area contributed by atoms with E-state index < -0.39 is 5.97 Å². The zero-order valence-corrected chi connectivity index (χ0v) is 12.2. The minimum atomic E-state index is -0.934. The first-order valence-electron chi connectivity index (χ1n) is 7.43. The van der Waals surface area contributed by atoms with Gasteiger partial charge in [0.1, 0.15) is 11.0 Å². The highest BCUT2D eigenvalue weighted by Gasteiger charge is 2.18. The Morgan fingerprint density at radius 2 is 2.10 bits per heavy atom. The van der Waals surface area contributed by atoms with Crippen molar-refractivity contribution in [2.24, 2.45) is 5.92 Å². The quantitative estimate of drug-likeness (QED) is 0.909. The van der Waals surface area contributed by atoms with E-state index in [-0.39, 0.29) is 5.56 Å². The average molecular weight is 288 g/mol. The molecule has 1 atom stereocenters. The molecule has 1 fully saturated rings. The van der Waals surface area contributed by atoms with Crippen LogP contribution in [0.2, 0.25) is 0 Å².